The lowest BCUT2D eigenvalue weighted by atomic mass is 10.2. The SMILES string of the molecule is CCc1cnc(N=NC2=C(O)N(Cc3ccccc3)c3ccc(N(C)C)cc3S2(=O)=O)c(Cl)c1. The van der Waals surface area contributed by atoms with Gasteiger partial charge < -0.3 is 14.9 Å². The molecule has 1 N–H and O–H groups in total. The van der Waals surface area contributed by atoms with E-state index in [0.717, 1.165) is 17.5 Å². The molecule has 2 heterocycles. The van der Waals surface area contributed by atoms with E-state index in [-0.39, 0.29) is 22.3 Å². The minimum absolute atomic E-state index is 0.0294. The van der Waals surface area contributed by atoms with E-state index in [1.165, 1.54) is 4.90 Å². The third kappa shape index (κ3) is 4.49. The summed E-state index contributed by atoms with van der Waals surface area (Å²) in [6.07, 6.45) is 2.34. The Bertz CT molecular complexity index is 1390. The lowest BCUT2D eigenvalue weighted by Gasteiger charge is -2.31. The number of aromatic nitrogens is 1. The second-order valence-electron chi connectivity index (χ2n) is 7.95. The smallest absolute Gasteiger partial charge is 0.242 e. The van der Waals surface area contributed by atoms with Crippen LogP contribution < -0.4 is 9.80 Å². The maximum atomic E-state index is 13.5. The van der Waals surface area contributed by atoms with Crippen LogP contribution in [-0.4, -0.2) is 32.6 Å². The third-order valence-corrected chi connectivity index (χ3v) is 7.40. The fourth-order valence-corrected chi connectivity index (χ4v) is 5.19. The standard InChI is InChI=1S/C24H24ClN5O3S/c1-4-16-12-19(25)22(26-14-16)27-28-23-24(31)30(15-17-8-6-5-7-9-17)20-11-10-18(29(2)3)13-21(20)34(23,32)33/h5-14,31H,4,15H2,1-3H3. The Morgan fingerprint density at radius 1 is 1.06 bits per heavy atom. The summed E-state index contributed by atoms with van der Waals surface area (Å²) < 4.78 is 27.0. The molecule has 0 bridgehead atoms. The molecular formula is C24H24ClN5O3S. The summed E-state index contributed by atoms with van der Waals surface area (Å²) >= 11 is 6.25. The number of rotatable bonds is 6. The Labute approximate surface area is 203 Å². The van der Waals surface area contributed by atoms with Gasteiger partial charge in [-0.05, 0) is 41.8 Å². The predicted molar refractivity (Wildman–Crippen MR) is 133 cm³/mol. The van der Waals surface area contributed by atoms with Gasteiger partial charge in [0, 0.05) is 26.0 Å². The zero-order chi connectivity index (χ0) is 24.5. The zero-order valence-electron chi connectivity index (χ0n) is 19.0. The number of azo groups is 1. The van der Waals surface area contributed by atoms with Gasteiger partial charge in [-0.25, -0.2) is 13.4 Å². The molecule has 1 aromatic heterocycles. The van der Waals surface area contributed by atoms with Crippen molar-refractivity contribution in [3.05, 3.63) is 87.9 Å². The second kappa shape index (κ2) is 9.44. The molecule has 2 aromatic carbocycles. The van der Waals surface area contributed by atoms with Gasteiger partial charge in [-0.15, -0.1) is 10.2 Å². The minimum Gasteiger partial charge on any atom is -0.492 e. The first kappa shape index (κ1) is 23.7. The molecule has 176 valence electrons. The topological polar surface area (TPSA) is 98.5 Å². The number of sulfone groups is 1. The number of hydrogen-bond acceptors (Lipinski definition) is 8. The summed E-state index contributed by atoms with van der Waals surface area (Å²) in [5.41, 5.74) is 2.84. The first-order valence-corrected chi connectivity index (χ1v) is 12.5. The van der Waals surface area contributed by atoms with Gasteiger partial charge >= 0.3 is 0 Å². The predicted octanol–water partition coefficient (Wildman–Crippen LogP) is 5.63. The Balaban J connectivity index is 1.85. The molecule has 1 aliphatic heterocycles. The molecule has 34 heavy (non-hydrogen) atoms. The van der Waals surface area contributed by atoms with Crippen molar-refractivity contribution >= 4 is 38.6 Å². The molecule has 0 atom stereocenters. The monoisotopic (exact) mass is 497 g/mol. The summed E-state index contributed by atoms with van der Waals surface area (Å²) in [6.45, 7) is 2.20. The maximum absolute atomic E-state index is 13.5. The minimum atomic E-state index is -4.18. The lowest BCUT2D eigenvalue weighted by molar-refractivity contribution is 0.380. The van der Waals surface area contributed by atoms with Crippen molar-refractivity contribution in [2.75, 3.05) is 23.9 Å². The van der Waals surface area contributed by atoms with Crippen LogP contribution >= 0.6 is 11.6 Å². The molecular weight excluding hydrogens is 474 g/mol. The van der Waals surface area contributed by atoms with Crippen molar-refractivity contribution in [1.82, 2.24) is 4.98 Å². The van der Waals surface area contributed by atoms with Crippen LogP contribution in [0.4, 0.5) is 17.2 Å². The first-order chi connectivity index (χ1) is 16.2. The number of aliphatic hydroxyl groups is 1. The third-order valence-electron chi connectivity index (χ3n) is 5.45. The van der Waals surface area contributed by atoms with E-state index >= 15 is 0 Å². The number of benzene rings is 2. The van der Waals surface area contributed by atoms with E-state index in [2.05, 4.69) is 15.2 Å². The molecule has 0 aliphatic carbocycles. The second-order valence-corrected chi connectivity index (χ2v) is 10.2. The first-order valence-electron chi connectivity index (χ1n) is 10.6. The fraction of sp³-hybridized carbons (Fsp3) is 0.208. The Morgan fingerprint density at radius 3 is 2.44 bits per heavy atom. The van der Waals surface area contributed by atoms with E-state index in [1.54, 1.807) is 35.4 Å². The van der Waals surface area contributed by atoms with E-state index in [0.29, 0.717) is 11.4 Å². The molecule has 4 rings (SSSR count). The van der Waals surface area contributed by atoms with Crippen molar-refractivity contribution in [2.24, 2.45) is 10.2 Å². The van der Waals surface area contributed by atoms with E-state index < -0.39 is 20.7 Å². The van der Waals surface area contributed by atoms with Crippen molar-refractivity contribution in [3.8, 4) is 0 Å². The average molecular weight is 498 g/mol. The van der Waals surface area contributed by atoms with Crippen LogP contribution in [0.3, 0.4) is 0 Å². The molecule has 8 nitrogen and oxygen atoms in total. The van der Waals surface area contributed by atoms with Crippen molar-refractivity contribution in [3.63, 3.8) is 0 Å². The number of nitrogens with zero attached hydrogens (tertiary/aromatic N) is 5. The number of anilines is 2. The molecule has 0 unspecified atom stereocenters. The van der Waals surface area contributed by atoms with Gasteiger partial charge in [0.05, 0.1) is 22.2 Å². The Morgan fingerprint density at radius 2 is 1.79 bits per heavy atom. The molecule has 0 spiro atoms. The van der Waals surface area contributed by atoms with Gasteiger partial charge in [0.2, 0.25) is 20.7 Å². The van der Waals surface area contributed by atoms with E-state index in [4.69, 9.17) is 11.6 Å². The largest absolute Gasteiger partial charge is 0.492 e. The van der Waals surface area contributed by atoms with Gasteiger partial charge in [-0.3, -0.25) is 0 Å². The van der Waals surface area contributed by atoms with Crippen molar-refractivity contribution in [2.45, 2.75) is 24.8 Å². The molecule has 3 aromatic rings. The Kier molecular flexibility index (Phi) is 6.58. The lowest BCUT2D eigenvalue weighted by Crippen LogP contribution is -2.30. The number of pyridine rings is 1. The van der Waals surface area contributed by atoms with Crippen LogP contribution in [-0.2, 0) is 22.8 Å². The summed E-state index contributed by atoms with van der Waals surface area (Å²) in [7, 11) is -0.539. The average Bonchev–Trinajstić information content (AvgIpc) is 2.82. The van der Waals surface area contributed by atoms with Crippen molar-refractivity contribution < 1.29 is 13.5 Å². The van der Waals surface area contributed by atoms with Crippen LogP contribution in [0, 0.1) is 0 Å². The number of aliphatic hydroxyl groups excluding tert-OH is 1. The Hall–Kier alpha value is -3.43. The maximum Gasteiger partial charge on any atom is 0.242 e. The normalized spacial score (nSPS) is 15.0. The number of fused-ring (bicyclic) bond motifs is 1. The van der Waals surface area contributed by atoms with Crippen LogP contribution in [0.5, 0.6) is 0 Å². The van der Waals surface area contributed by atoms with Gasteiger partial charge in [0.25, 0.3) is 0 Å². The summed E-state index contributed by atoms with van der Waals surface area (Å²) in [5.74, 6) is -0.448. The molecule has 0 radical (unpaired) electrons. The van der Waals surface area contributed by atoms with Gasteiger partial charge in [0.1, 0.15) is 0 Å². The van der Waals surface area contributed by atoms with Crippen LogP contribution in [0.15, 0.2) is 86.8 Å². The molecule has 10 heteroatoms. The van der Waals surface area contributed by atoms with Crippen LogP contribution in [0.1, 0.15) is 18.1 Å². The van der Waals surface area contributed by atoms with Gasteiger partial charge in [-0.1, -0.05) is 48.9 Å². The number of hydrogen-bond donors (Lipinski definition) is 1. The van der Waals surface area contributed by atoms with Crippen LogP contribution in [0.25, 0.3) is 0 Å². The highest BCUT2D eigenvalue weighted by Gasteiger charge is 2.38. The summed E-state index contributed by atoms with van der Waals surface area (Å²) in [4.78, 5) is 7.50. The highest BCUT2D eigenvalue weighted by Crippen LogP contribution is 2.41. The number of aryl methyl sites for hydroxylation is 1. The summed E-state index contributed by atoms with van der Waals surface area (Å²) in [6, 6.07) is 16.2. The molecule has 0 fully saturated rings. The fourth-order valence-electron chi connectivity index (χ4n) is 3.53. The van der Waals surface area contributed by atoms with Gasteiger partial charge in [-0.2, -0.15) is 0 Å². The highest BCUT2D eigenvalue weighted by molar-refractivity contribution is 7.95. The van der Waals surface area contributed by atoms with E-state index in [1.807, 2.05) is 51.4 Å². The van der Waals surface area contributed by atoms with Crippen molar-refractivity contribution in [1.29, 1.82) is 0 Å². The molecule has 0 saturated carbocycles. The molecule has 1 aliphatic rings. The molecule has 0 saturated heterocycles. The number of halogens is 1. The van der Waals surface area contributed by atoms with Crippen LogP contribution in [0.2, 0.25) is 5.02 Å². The highest BCUT2D eigenvalue weighted by atomic mass is 35.5. The summed E-state index contributed by atoms with van der Waals surface area (Å²) in [5, 5.41) is 18.7. The van der Waals surface area contributed by atoms with Gasteiger partial charge in [0.15, 0.2) is 5.82 Å². The molecule has 0 amide bonds. The van der Waals surface area contributed by atoms with E-state index in [9.17, 15) is 13.5 Å². The quantitative estimate of drug-likeness (QED) is 0.443. The zero-order valence-corrected chi connectivity index (χ0v) is 20.5.